The van der Waals surface area contributed by atoms with E-state index in [0.29, 0.717) is 25.4 Å². The first-order chi connectivity index (χ1) is 15.5. The van der Waals surface area contributed by atoms with Gasteiger partial charge in [0.25, 0.3) is 0 Å². The zero-order chi connectivity index (χ0) is 23.2. The molecule has 0 bridgehead atoms. The Labute approximate surface area is 194 Å². The summed E-state index contributed by atoms with van der Waals surface area (Å²) in [5.41, 5.74) is 2.06. The van der Waals surface area contributed by atoms with Gasteiger partial charge in [-0.25, -0.2) is 4.79 Å². The molecule has 2 rings (SSSR count). The van der Waals surface area contributed by atoms with E-state index in [1.807, 2.05) is 24.3 Å². The van der Waals surface area contributed by atoms with Gasteiger partial charge in [0.15, 0.2) is 6.10 Å². The molecule has 1 fully saturated rings. The number of ether oxygens (including phenoxy) is 1. The van der Waals surface area contributed by atoms with E-state index in [1.54, 1.807) is 6.92 Å². The Balaban J connectivity index is 1.87. The number of unbranched alkanes of at least 4 members (excludes halogenated alkanes) is 3. The molecule has 180 valence electrons. The number of carboxylic acids is 1. The number of benzene rings is 1. The number of rotatable bonds is 15. The molecule has 1 aliphatic carbocycles. The number of hydrogen-bond acceptors (Lipinski definition) is 3. The first kappa shape index (κ1) is 26.4. The van der Waals surface area contributed by atoms with Crippen molar-refractivity contribution in [3.8, 4) is 0 Å². The van der Waals surface area contributed by atoms with Gasteiger partial charge in [-0.3, -0.25) is 4.79 Å². The van der Waals surface area contributed by atoms with Crippen LogP contribution in [0.1, 0.15) is 89.2 Å². The normalized spacial score (nSPS) is 15.4. The summed E-state index contributed by atoms with van der Waals surface area (Å²) in [5.74, 6) is 0.0163. The fourth-order valence-electron chi connectivity index (χ4n) is 4.61. The van der Waals surface area contributed by atoms with Crippen molar-refractivity contribution in [2.24, 2.45) is 5.92 Å². The Morgan fingerprint density at radius 2 is 1.72 bits per heavy atom. The average molecular weight is 446 g/mol. The molecule has 0 heterocycles. The van der Waals surface area contributed by atoms with Gasteiger partial charge < -0.3 is 14.7 Å². The minimum absolute atomic E-state index is 0.276. The zero-order valence-electron chi connectivity index (χ0n) is 20.2. The molecule has 5 heteroatoms. The molecule has 32 heavy (non-hydrogen) atoms. The van der Waals surface area contributed by atoms with E-state index in [1.165, 1.54) is 51.4 Å². The summed E-state index contributed by atoms with van der Waals surface area (Å²) in [6, 6.07) is 7.94. The highest BCUT2D eigenvalue weighted by Crippen LogP contribution is 2.25. The lowest BCUT2D eigenvalue weighted by Gasteiger charge is -2.30. The largest absolute Gasteiger partial charge is 0.479 e. The van der Waals surface area contributed by atoms with Crippen molar-refractivity contribution < 1.29 is 19.4 Å². The van der Waals surface area contributed by atoms with Crippen LogP contribution in [0.25, 0.3) is 0 Å². The van der Waals surface area contributed by atoms with Crippen molar-refractivity contribution in [3.05, 3.63) is 35.4 Å². The molecule has 1 aliphatic rings. The lowest BCUT2D eigenvalue weighted by Crippen LogP contribution is -2.37. The van der Waals surface area contributed by atoms with Gasteiger partial charge in [-0.1, -0.05) is 69.7 Å². The van der Waals surface area contributed by atoms with Gasteiger partial charge in [0.05, 0.1) is 0 Å². The standard InChI is InChI=1S/C27H43NO4/c1-3-5-6-10-19-28(21-24-11-8-7-9-12-24)26(29)18-17-22-13-15-23(16-14-22)20-25(27(30)31)32-4-2/h13-16,24-25H,3-12,17-21H2,1-2H3,(H,30,31)/t25-/m0/s1. The molecular weight excluding hydrogens is 402 g/mol. The van der Waals surface area contributed by atoms with Crippen LogP contribution in [0.5, 0.6) is 0 Å². The van der Waals surface area contributed by atoms with Gasteiger partial charge in [0.1, 0.15) is 0 Å². The maximum Gasteiger partial charge on any atom is 0.333 e. The molecule has 5 nitrogen and oxygen atoms in total. The van der Waals surface area contributed by atoms with Gasteiger partial charge in [0, 0.05) is 32.5 Å². The molecule has 0 aliphatic heterocycles. The quantitative estimate of drug-likeness (QED) is 0.355. The molecule has 1 amide bonds. The Kier molecular flexibility index (Phi) is 12.4. The van der Waals surface area contributed by atoms with Gasteiger partial charge in [0.2, 0.25) is 5.91 Å². The predicted molar refractivity (Wildman–Crippen MR) is 129 cm³/mol. The smallest absolute Gasteiger partial charge is 0.333 e. The number of hydrogen-bond donors (Lipinski definition) is 1. The Bertz CT molecular complexity index is 667. The predicted octanol–water partition coefficient (Wildman–Crippen LogP) is 5.64. The molecule has 0 aromatic heterocycles. The average Bonchev–Trinajstić information content (AvgIpc) is 2.80. The highest BCUT2D eigenvalue weighted by molar-refractivity contribution is 5.76. The second-order valence-corrected chi connectivity index (χ2v) is 9.21. The van der Waals surface area contributed by atoms with Gasteiger partial charge in [-0.05, 0) is 49.7 Å². The lowest BCUT2D eigenvalue weighted by molar-refractivity contribution is -0.150. The van der Waals surface area contributed by atoms with E-state index in [0.717, 1.165) is 37.1 Å². The van der Waals surface area contributed by atoms with Crippen molar-refractivity contribution in [2.75, 3.05) is 19.7 Å². The fraction of sp³-hybridized carbons (Fsp3) is 0.704. The van der Waals surface area contributed by atoms with Crippen molar-refractivity contribution in [3.63, 3.8) is 0 Å². The van der Waals surface area contributed by atoms with Crippen LogP contribution in [-0.2, 0) is 27.2 Å². The fourth-order valence-corrected chi connectivity index (χ4v) is 4.61. The van der Waals surface area contributed by atoms with Crippen molar-refractivity contribution >= 4 is 11.9 Å². The van der Waals surface area contributed by atoms with E-state index in [2.05, 4.69) is 11.8 Å². The molecule has 1 aromatic carbocycles. The van der Waals surface area contributed by atoms with Crippen LogP contribution in [0.3, 0.4) is 0 Å². The third-order valence-corrected chi connectivity index (χ3v) is 6.55. The molecule has 0 spiro atoms. The van der Waals surface area contributed by atoms with E-state index < -0.39 is 12.1 Å². The molecule has 1 aromatic rings. The van der Waals surface area contributed by atoms with E-state index in [-0.39, 0.29) is 5.91 Å². The molecule has 0 radical (unpaired) electrons. The van der Waals surface area contributed by atoms with Crippen molar-refractivity contribution in [1.82, 2.24) is 4.90 Å². The maximum absolute atomic E-state index is 13.1. The number of carboxylic acid groups (broad SMARTS) is 1. The van der Waals surface area contributed by atoms with Gasteiger partial charge >= 0.3 is 5.97 Å². The number of aryl methyl sites for hydroxylation is 1. The molecule has 1 atom stereocenters. The van der Waals surface area contributed by atoms with Crippen molar-refractivity contribution in [1.29, 1.82) is 0 Å². The first-order valence-corrected chi connectivity index (χ1v) is 12.7. The lowest BCUT2D eigenvalue weighted by atomic mass is 9.88. The zero-order valence-corrected chi connectivity index (χ0v) is 20.2. The highest BCUT2D eigenvalue weighted by Gasteiger charge is 2.21. The third kappa shape index (κ3) is 9.72. The number of amides is 1. The summed E-state index contributed by atoms with van der Waals surface area (Å²) >= 11 is 0. The number of aliphatic carboxylic acids is 1. The van der Waals surface area contributed by atoms with Crippen LogP contribution >= 0.6 is 0 Å². The second kappa shape index (κ2) is 15.0. The summed E-state index contributed by atoms with van der Waals surface area (Å²) in [7, 11) is 0. The summed E-state index contributed by atoms with van der Waals surface area (Å²) < 4.78 is 5.30. The number of nitrogens with zero attached hydrogens (tertiary/aromatic N) is 1. The third-order valence-electron chi connectivity index (χ3n) is 6.55. The van der Waals surface area contributed by atoms with Crippen LogP contribution in [0, 0.1) is 5.92 Å². The van der Waals surface area contributed by atoms with Crippen LogP contribution in [0.15, 0.2) is 24.3 Å². The summed E-state index contributed by atoms with van der Waals surface area (Å²) in [4.78, 5) is 26.5. The van der Waals surface area contributed by atoms with Crippen molar-refractivity contribution in [2.45, 2.75) is 97.0 Å². The minimum Gasteiger partial charge on any atom is -0.479 e. The SMILES string of the molecule is CCCCCCN(CC1CCCCC1)C(=O)CCc1ccc(C[C@H](OCC)C(=O)O)cc1. The molecule has 0 saturated heterocycles. The Hall–Kier alpha value is -1.88. The molecular formula is C27H43NO4. The topological polar surface area (TPSA) is 66.8 Å². The number of carbonyl (C=O) groups is 2. The Morgan fingerprint density at radius 3 is 2.34 bits per heavy atom. The molecule has 0 unspecified atom stereocenters. The van der Waals surface area contributed by atoms with Crippen LogP contribution in [0.4, 0.5) is 0 Å². The highest BCUT2D eigenvalue weighted by atomic mass is 16.5. The summed E-state index contributed by atoms with van der Waals surface area (Å²) in [6.07, 6.45) is 12.0. The van der Waals surface area contributed by atoms with Crippen LogP contribution < -0.4 is 0 Å². The summed E-state index contributed by atoms with van der Waals surface area (Å²) in [5, 5.41) is 9.26. The first-order valence-electron chi connectivity index (χ1n) is 12.7. The number of carbonyl (C=O) groups excluding carboxylic acids is 1. The monoisotopic (exact) mass is 445 g/mol. The van der Waals surface area contributed by atoms with E-state index >= 15 is 0 Å². The maximum atomic E-state index is 13.1. The minimum atomic E-state index is -0.932. The second-order valence-electron chi connectivity index (χ2n) is 9.21. The van der Waals surface area contributed by atoms with E-state index in [4.69, 9.17) is 4.74 Å². The molecule has 1 saturated carbocycles. The Morgan fingerprint density at radius 1 is 1.03 bits per heavy atom. The van der Waals surface area contributed by atoms with Gasteiger partial charge in [-0.15, -0.1) is 0 Å². The van der Waals surface area contributed by atoms with Gasteiger partial charge in [-0.2, -0.15) is 0 Å². The summed E-state index contributed by atoms with van der Waals surface area (Å²) in [6.45, 7) is 6.22. The van der Waals surface area contributed by atoms with E-state index in [9.17, 15) is 14.7 Å². The van der Waals surface area contributed by atoms with Crippen LogP contribution in [0.2, 0.25) is 0 Å². The molecule has 1 N–H and O–H groups in total. The van der Waals surface area contributed by atoms with Crippen LogP contribution in [-0.4, -0.2) is 47.7 Å².